The summed E-state index contributed by atoms with van der Waals surface area (Å²) in [5.74, 6) is -0.0783. The first-order chi connectivity index (χ1) is 15.5. The van der Waals surface area contributed by atoms with Crippen LogP contribution in [0.15, 0.2) is 78.0 Å². The van der Waals surface area contributed by atoms with Gasteiger partial charge in [0.05, 0.1) is 28.6 Å². The van der Waals surface area contributed by atoms with Gasteiger partial charge in [-0.15, -0.1) is 10.2 Å². The van der Waals surface area contributed by atoms with E-state index in [9.17, 15) is 9.18 Å². The lowest BCUT2D eigenvalue weighted by Gasteiger charge is -2.11. The van der Waals surface area contributed by atoms with Gasteiger partial charge in [0.2, 0.25) is 5.91 Å². The molecule has 0 bridgehead atoms. The molecular weight excluding hydrogens is 447 g/mol. The van der Waals surface area contributed by atoms with Crippen molar-refractivity contribution in [2.75, 3.05) is 11.1 Å². The van der Waals surface area contributed by atoms with Crippen LogP contribution in [-0.4, -0.2) is 26.4 Å². The molecule has 5 nitrogen and oxygen atoms in total. The van der Waals surface area contributed by atoms with E-state index >= 15 is 0 Å². The molecular formula is C24H20ClFN4OS. The second kappa shape index (κ2) is 9.97. The summed E-state index contributed by atoms with van der Waals surface area (Å²) in [6, 6.07) is 21.7. The Hall–Kier alpha value is -3.16. The lowest BCUT2D eigenvalue weighted by Crippen LogP contribution is -2.15. The second-order valence-electron chi connectivity index (χ2n) is 7.18. The number of nitrogens with one attached hydrogen (secondary N) is 1. The van der Waals surface area contributed by atoms with E-state index in [-0.39, 0.29) is 17.5 Å². The molecule has 3 aromatic carbocycles. The number of nitrogens with zero attached hydrogens (tertiary/aromatic N) is 3. The molecule has 4 rings (SSSR count). The Labute approximate surface area is 194 Å². The largest absolute Gasteiger partial charge is 0.324 e. The third kappa shape index (κ3) is 5.18. The maximum Gasteiger partial charge on any atom is 0.234 e. The van der Waals surface area contributed by atoms with Gasteiger partial charge in [-0.05, 0) is 42.3 Å². The van der Waals surface area contributed by atoms with Crippen LogP contribution in [0.5, 0.6) is 0 Å². The van der Waals surface area contributed by atoms with Crippen LogP contribution in [0.4, 0.5) is 10.1 Å². The molecule has 1 heterocycles. The number of thioether (sulfide) groups is 1. The minimum atomic E-state index is -0.377. The van der Waals surface area contributed by atoms with Crippen molar-refractivity contribution < 1.29 is 9.18 Å². The fourth-order valence-corrected chi connectivity index (χ4v) is 4.20. The number of anilines is 1. The first kappa shape index (κ1) is 22.0. The number of rotatable bonds is 7. The smallest absolute Gasteiger partial charge is 0.234 e. The standard InChI is InChI=1S/C24H20ClFN4OS/c1-16-11-12-21(19(25)13-16)27-22(31)15-32-24-29-28-23(18-9-5-6-10-20(18)26)30(24)14-17-7-3-2-4-8-17/h2-13H,14-15H2,1H3,(H,27,31). The monoisotopic (exact) mass is 466 g/mol. The minimum absolute atomic E-state index is 0.106. The summed E-state index contributed by atoms with van der Waals surface area (Å²) in [6.45, 7) is 2.38. The highest BCUT2D eigenvalue weighted by atomic mass is 35.5. The maximum absolute atomic E-state index is 14.5. The van der Waals surface area contributed by atoms with Gasteiger partial charge in [-0.25, -0.2) is 4.39 Å². The number of aromatic nitrogens is 3. The molecule has 32 heavy (non-hydrogen) atoms. The Morgan fingerprint density at radius 2 is 1.81 bits per heavy atom. The van der Waals surface area contributed by atoms with Crippen molar-refractivity contribution >= 4 is 35.0 Å². The quantitative estimate of drug-likeness (QED) is 0.348. The van der Waals surface area contributed by atoms with Crippen molar-refractivity contribution in [3.63, 3.8) is 0 Å². The van der Waals surface area contributed by atoms with Crippen molar-refractivity contribution in [2.24, 2.45) is 0 Å². The second-order valence-corrected chi connectivity index (χ2v) is 8.53. The first-order valence-electron chi connectivity index (χ1n) is 9.92. The summed E-state index contributed by atoms with van der Waals surface area (Å²) in [5.41, 5.74) is 2.94. The number of amides is 1. The molecule has 0 aliphatic heterocycles. The molecule has 162 valence electrons. The van der Waals surface area contributed by atoms with Gasteiger partial charge < -0.3 is 5.32 Å². The third-order valence-electron chi connectivity index (χ3n) is 4.75. The fraction of sp³-hybridized carbons (Fsp3) is 0.125. The van der Waals surface area contributed by atoms with Gasteiger partial charge in [0.25, 0.3) is 0 Å². The van der Waals surface area contributed by atoms with E-state index in [4.69, 9.17) is 11.6 Å². The molecule has 1 amide bonds. The Morgan fingerprint density at radius 3 is 2.56 bits per heavy atom. The molecule has 0 saturated heterocycles. The summed E-state index contributed by atoms with van der Waals surface area (Å²) in [4.78, 5) is 12.5. The Kier molecular flexibility index (Phi) is 6.87. The van der Waals surface area contributed by atoms with Crippen molar-refractivity contribution in [3.05, 3.63) is 94.8 Å². The Morgan fingerprint density at radius 1 is 1.06 bits per heavy atom. The number of carbonyl (C=O) groups excluding carboxylic acids is 1. The summed E-state index contributed by atoms with van der Waals surface area (Å²) in [7, 11) is 0. The molecule has 0 aliphatic carbocycles. The zero-order valence-corrected chi connectivity index (χ0v) is 18.8. The number of hydrogen-bond acceptors (Lipinski definition) is 4. The summed E-state index contributed by atoms with van der Waals surface area (Å²) >= 11 is 7.44. The van der Waals surface area contributed by atoms with Crippen LogP contribution in [0, 0.1) is 12.7 Å². The number of halogens is 2. The van der Waals surface area contributed by atoms with Crippen LogP contribution < -0.4 is 5.32 Å². The number of hydrogen-bond donors (Lipinski definition) is 1. The predicted molar refractivity (Wildman–Crippen MR) is 127 cm³/mol. The van der Waals surface area contributed by atoms with E-state index in [1.165, 1.54) is 17.8 Å². The van der Waals surface area contributed by atoms with Crippen LogP contribution in [-0.2, 0) is 11.3 Å². The van der Waals surface area contributed by atoms with E-state index < -0.39 is 0 Å². The van der Waals surface area contributed by atoms with Crippen molar-refractivity contribution in [1.29, 1.82) is 0 Å². The third-order valence-corrected chi connectivity index (χ3v) is 6.03. The highest BCUT2D eigenvalue weighted by Crippen LogP contribution is 2.28. The summed E-state index contributed by atoms with van der Waals surface area (Å²) in [6.07, 6.45) is 0. The normalized spacial score (nSPS) is 10.8. The molecule has 1 N–H and O–H groups in total. The van der Waals surface area contributed by atoms with Gasteiger partial charge in [-0.2, -0.15) is 0 Å². The van der Waals surface area contributed by atoms with Crippen LogP contribution in [0.3, 0.4) is 0 Å². The average Bonchev–Trinajstić information content (AvgIpc) is 3.17. The molecule has 0 atom stereocenters. The van der Waals surface area contributed by atoms with Crippen LogP contribution in [0.25, 0.3) is 11.4 Å². The number of carbonyl (C=O) groups is 1. The molecule has 0 spiro atoms. The van der Waals surface area contributed by atoms with Gasteiger partial charge in [0.15, 0.2) is 11.0 Å². The van der Waals surface area contributed by atoms with E-state index in [2.05, 4.69) is 15.5 Å². The summed E-state index contributed by atoms with van der Waals surface area (Å²) in [5, 5.41) is 12.3. The molecule has 0 unspecified atom stereocenters. The number of aryl methyl sites for hydroxylation is 1. The van der Waals surface area contributed by atoms with Crippen molar-refractivity contribution in [2.45, 2.75) is 18.6 Å². The first-order valence-corrected chi connectivity index (χ1v) is 11.3. The summed E-state index contributed by atoms with van der Waals surface area (Å²) < 4.78 is 16.3. The Balaban J connectivity index is 1.56. The lowest BCUT2D eigenvalue weighted by atomic mass is 10.2. The van der Waals surface area contributed by atoms with Crippen molar-refractivity contribution in [3.8, 4) is 11.4 Å². The van der Waals surface area contributed by atoms with Crippen molar-refractivity contribution in [1.82, 2.24) is 14.8 Å². The van der Waals surface area contributed by atoms with E-state index in [1.54, 1.807) is 30.3 Å². The molecule has 1 aromatic heterocycles. The van der Waals surface area contributed by atoms with Crippen LogP contribution >= 0.6 is 23.4 Å². The van der Waals surface area contributed by atoms with Gasteiger partial charge in [0.1, 0.15) is 5.82 Å². The zero-order chi connectivity index (χ0) is 22.5. The van der Waals surface area contributed by atoms with E-state index in [0.717, 1.165) is 11.1 Å². The SMILES string of the molecule is Cc1ccc(NC(=O)CSc2nnc(-c3ccccc3F)n2Cc2ccccc2)c(Cl)c1. The highest BCUT2D eigenvalue weighted by Gasteiger charge is 2.18. The minimum Gasteiger partial charge on any atom is -0.324 e. The molecule has 8 heteroatoms. The van der Waals surface area contributed by atoms with Gasteiger partial charge in [-0.3, -0.25) is 9.36 Å². The molecule has 0 aliphatic rings. The predicted octanol–water partition coefficient (Wildman–Crippen LogP) is 5.83. The van der Waals surface area contributed by atoms with Gasteiger partial charge in [0, 0.05) is 0 Å². The highest BCUT2D eigenvalue weighted by molar-refractivity contribution is 7.99. The van der Waals surface area contributed by atoms with Gasteiger partial charge >= 0.3 is 0 Å². The van der Waals surface area contributed by atoms with E-state index in [1.807, 2.05) is 47.9 Å². The zero-order valence-electron chi connectivity index (χ0n) is 17.3. The lowest BCUT2D eigenvalue weighted by molar-refractivity contribution is -0.113. The van der Waals surface area contributed by atoms with Gasteiger partial charge in [-0.1, -0.05) is 71.9 Å². The van der Waals surface area contributed by atoms with Crippen LogP contribution in [0.1, 0.15) is 11.1 Å². The maximum atomic E-state index is 14.5. The molecule has 0 radical (unpaired) electrons. The molecule has 0 saturated carbocycles. The Bertz CT molecular complexity index is 1250. The van der Waals surface area contributed by atoms with E-state index in [0.29, 0.717) is 33.8 Å². The average molecular weight is 467 g/mol. The molecule has 4 aromatic rings. The molecule has 0 fully saturated rings. The number of benzene rings is 3. The fourth-order valence-electron chi connectivity index (χ4n) is 3.18. The topological polar surface area (TPSA) is 59.8 Å². The van der Waals surface area contributed by atoms with Crippen LogP contribution in [0.2, 0.25) is 5.02 Å².